The number of aliphatic hydroxyl groups excluding tert-OH is 1. The van der Waals surface area contributed by atoms with E-state index in [0.717, 1.165) is 50.8 Å². The highest BCUT2D eigenvalue weighted by Gasteiger charge is 2.37. The van der Waals surface area contributed by atoms with Gasteiger partial charge in [-0.05, 0) is 37.5 Å². The number of likely N-dealkylation sites (tertiary alicyclic amines) is 1. The second kappa shape index (κ2) is 7.15. The van der Waals surface area contributed by atoms with Gasteiger partial charge in [0.2, 0.25) is 0 Å². The van der Waals surface area contributed by atoms with Crippen molar-refractivity contribution < 1.29 is 18.7 Å². The quantitative estimate of drug-likeness (QED) is 0.920. The third-order valence-electron chi connectivity index (χ3n) is 5.34. The largest absolute Gasteiger partial charge is 0.392 e. The number of amides is 1. The van der Waals surface area contributed by atoms with E-state index in [4.69, 9.17) is 0 Å². The summed E-state index contributed by atoms with van der Waals surface area (Å²) >= 11 is 0. The van der Waals surface area contributed by atoms with Crippen LogP contribution in [0.3, 0.4) is 0 Å². The van der Waals surface area contributed by atoms with Crippen molar-refractivity contribution in [2.45, 2.75) is 50.3 Å². The van der Waals surface area contributed by atoms with Crippen LogP contribution in [-0.2, 0) is 0 Å². The Hall–Kier alpha value is -1.53. The number of carbonyl (C=O) groups is 1. The van der Waals surface area contributed by atoms with Gasteiger partial charge in [-0.3, -0.25) is 9.69 Å². The van der Waals surface area contributed by atoms with Crippen LogP contribution in [0.1, 0.15) is 42.5 Å². The smallest absolute Gasteiger partial charge is 0.254 e. The zero-order valence-corrected chi connectivity index (χ0v) is 13.9. The number of rotatable bonds is 3. The van der Waals surface area contributed by atoms with Gasteiger partial charge in [0.15, 0.2) is 11.6 Å². The maximum absolute atomic E-state index is 13.4. The topological polar surface area (TPSA) is 43.8 Å². The molecular formula is C18H24F2N2O2. The summed E-state index contributed by atoms with van der Waals surface area (Å²) in [5.41, 5.74) is 0.169. The molecule has 1 aromatic carbocycles. The Balaban J connectivity index is 1.76. The minimum Gasteiger partial charge on any atom is -0.392 e. The summed E-state index contributed by atoms with van der Waals surface area (Å²) in [6.45, 7) is 1.49. The van der Waals surface area contributed by atoms with Crippen LogP contribution < -0.4 is 0 Å². The maximum Gasteiger partial charge on any atom is 0.254 e. The molecule has 4 nitrogen and oxygen atoms in total. The fourth-order valence-corrected chi connectivity index (χ4v) is 4.02. The molecule has 0 spiro atoms. The summed E-state index contributed by atoms with van der Waals surface area (Å²) in [5.74, 6) is -2.24. The standard InChI is InChI=1S/C18H24F2N2O2/c1-21(18(24)12-6-7-14(19)15(20)10-12)16-4-2-3-5-17(16)22-9-8-13(23)11-22/h6-7,10,13,16-17,23H,2-5,8-9,11H2,1H3. The molecule has 1 N–H and O–H groups in total. The number of halogens is 2. The van der Waals surface area contributed by atoms with Crippen LogP contribution in [0.4, 0.5) is 8.78 Å². The average molecular weight is 338 g/mol. The lowest BCUT2D eigenvalue weighted by Crippen LogP contribution is -2.53. The van der Waals surface area contributed by atoms with Gasteiger partial charge in [0, 0.05) is 37.8 Å². The van der Waals surface area contributed by atoms with Gasteiger partial charge >= 0.3 is 0 Å². The molecule has 2 aliphatic rings. The van der Waals surface area contributed by atoms with Crippen LogP contribution in [0.25, 0.3) is 0 Å². The Morgan fingerprint density at radius 3 is 2.62 bits per heavy atom. The third kappa shape index (κ3) is 3.44. The van der Waals surface area contributed by atoms with Gasteiger partial charge in [0.1, 0.15) is 0 Å². The Morgan fingerprint density at radius 2 is 1.96 bits per heavy atom. The first-order valence-corrected chi connectivity index (χ1v) is 8.61. The van der Waals surface area contributed by atoms with Crippen molar-refractivity contribution in [3.8, 4) is 0 Å². The highest BCUT2D eigenvalue weighted by atomic mass is 19.2. The molecule has 1 aliphatic heterocycles. The monoisotopic (exact) mass is 338 g/mol. The van der Waals surface area contributed by atoms with Crippen molar-refractivity contribution in [3.05, 3.63) is 35.4 Å². The number of β-amino-alcohol motifs (C(OH)–C–C–N with tert-alkyl or cyclic N) is 1. The van der Waals surface area contributed by atoms with Crippen LogP contribution in [0, 0.1) is 11.6 Å². The van der Waals surface area contributed by atoms with E-state index in [1.54, 1.807) is 11.9 Å². The van der Waals surface area contributed by atoms with Gasteiger partial charge in [-0.1, -0.05) is 12.8 Å². The zero-order valence-electron chi connectivity index (χ0n) is 13.9. The molecule has 132 valence electrons. The maximum atomic E-state index is 13.4. The molecule has 1 heterocycles. The van der Waals surface area contributed by atoms with E-state index in [1.807, 2.05) is 0 Å². The molecule has 1 aromatic rings. The molecule has 2 fully saturated rings. The highest BCUT2D eigenvalue weighted by molar-refractivity contribution is 5.94. The van der Waals surface area contributed by atoms with E-state index in [1.165, 1.54) is 6.07 Å². The summed E-state index contributed by atoms with van der Waals surface area (Å²) in [4.78, 5) is 16.6. The molecule has 1 amide bonds. The lowest BCUT2D eigenvalue weighted by Gasteiger charge is -2.42. The number of aliphatic hydroxyl groups is 1. The van der Waals surface area contributed by atoms with Crippen LogP contribution in [-0.4, -0.2) is 59.1 Å². The molecule has 3 unspecified atom stereocenters. The zero-order chi connectivity index (χ0) is 17.3. The lowest BCUT2D eigenvalue weighted by atomic mass is 9.88. The third-order valence-corrected chi connectivity index (χ3v) is 5.34. The van der Waals surface area contributed by atoms with Gasteiger partial charge in [-0.2, -0.15) is 0 Å². The van der Waals surface area contributed by atoms with Crippen molar-refractivity contribution in [1.82, 2.24) is 9.80 Å². The lowest BCUT2D eigenvalue weighted by molar-refractivity contribution is 0.0465. The number of hydrogen-bond donors (Lipinski definition) is 1. The summed E-state index contributed by atoms with van der Waals surface area (Å²) in [6, 6.07) is 3.53. The minimum atomic E-state index is -1.00. The fourth-order valence-electron chi connectivity index (χ4n) is 4.02. The second-order valence-corrected chi connectivity index (χ2v) is 6.90. The molecule has 0 aromatic heterocycles. The first-order chi connectivity index (χ1) is 11.5. The van der Waals surface area contributed by atoms with Gasteiger partial charge < -0.3 is 10.0 Å². The Labute approximate surface area is 141 Å². The van der Waals surface area contributed by atoms with E-state index in [0.29, 0.717) is 6.54 Å². The predicted molar refractivity (Wildman–Crippen MR) is 86.7 cm³/mol. The number of hydrogen-bond acceptors (Lipinski definition) is 3. The van der Waals surface area contributed by atoms with Crippen molar-refractivity contribution >= 4 is 5.91 Å². The predicted octanol–water partition coefficient (Wildman–Crippen LogP) is 2.41. The van der Waals surface area contributed by atoms with Crippen molar-refractivity contribution in [2.75, 3.05) is 20.1 Å². The Morgan fingerprint density at radius 1 is 1.21 bits per heavy atom. The first kappa shape index (κ1) is 17.3. The van der Waals surface area contributed by atoms with E-state index < -0.39 is 11.6 Å². The first-order valence-electron chi connectivity index (χ1n) is 8.61. The Bertz CT molecular complexity index is 611. The van der Waals surface area contributed by atoms with Crippen LogP contribution in [0.5, 0.6) is 0 Å². The summed E-state index contributed by atoms with van der Waals surface area (Å²) in [7, 11) is 1.74. The molecule has 3 atom stereocenters. The number of likely N-dealkylation sites (N-methyl/N-ethyl adjacent to an activating group) is 1. The van der Waals surface area contributed by atoms with E-state index in [2.05, 4.69) is 4.90 Å². The molecule has 24 heavy (non-hydrogen) atoms. The van der Waals surface area contributed by atoms with Crippen LogP contribution in [0.15, 0.2) is 18.2 Å². The second-order valence-electron chi connectivity index (χ2n) is 6.90. The Kier molecular flexibility index (Phi) is 5.15. The molecule has 1 saturated carbocycles. The van der Waals surface area contributed by atoms with E-state index in [-0.39, 0.29) is 29.7 Å². The SMILES string of the molecule is CN(C(=O)c1ccc(F)c(F)c1)C1CCCCC1N1CCC(O)C1. The van der Waals surface area contributed by atoms with E-state index >= 15 is 0 Å². The van der Waals surface area contributed by atoms with Gasteiger partial charge in [0.05, 0.1) is 6.10 Å². The normalized spacial score (nSPS) is 28.1. The summed E-state index contributed by atoms with van der Waals surface area (Å²) in [5, 5.41) is 9.80. The van der Waals surface area contributed by atoms with Crippen molar-refractivity contribution in [3.63, 3.8) is 0 Å². The molecule has 6 heteroatoms. The van der Waals surface area contributed by atoms with Gasteiger partial charge in [-0.15, -0.1) is 0 Å². The number of carbonyl (C=O) groups excluding carboxylic acids is 1. The van der Waals surface area contributed by atoms with Crippen LogP contribution >= 0.6 is 0 Å². The average Bonchev–Trinajstić information content (AvgIpc) is 3.02. The fraction of sp³-hybridized carbons (Fsp3) is 0.611. The van der Waals surface area contributed by atoms with E-state index in [9.17, 15) is 18.7 Å². The molecule has 0 bridgehead atoms. The molecule has 1 aliphatic carbocycles. The van der Waals surface area contributed by atoms with Crippen molar-refractivity contribution in [2.24, 2.45) is 0 Å². The van der Waals surface area contributed by atoms with Gasteiger partial charge in [-0.25, -0.2) is 8.78 Å². The van der Waals surface area contributed by atoms with Crippen LogP contribution in [0.2, 0.25) is 0 Å². The molecular weight excluding hydrogens is 314 g/mol. The van der Waals surface area contributed by atoms with Gasteiger partial charge in [0.25, 0.3) is 5.91 Å². The summed E-state index contributed by atoms with van der Waals surface area (Å²) < 4.78 is 26.5. The summed E-state index contributed by atoms with van der Waals surface area (Å²) in [6.07, 6.45) is 4.52. The molecule has 0 radical (unpaired) electrons. The number of nitrogens with zero attached hydrogens (tertiary/aromatic N) is 2. The highest BCUT2D eigenvalue weighted by Crippen LogP contribution is 2.30. The molecule has 3 rings (SSSR count). The number of benzene rings is 1. The minimum absolute atomic E-state index is 0.0321. The molecule has 1 saturated heterocycles. The van der Waals surface area contributed by atoms with Crippen molar-refractivity contribution in [1.29, 1.82) is 0 Å².